The van der Waals surface area contributed by atoms with Crippen LogP contribution in [0.5, 0.6) is 0 Å². The molecule has 1 aromatic heterocycles. The Labute approximate surface area is 103 Å². The van der Waals surface area contributed by atoms with Gasteiger partial charge in [-0.1, -0.05) is 0 Å². The van der Waals surface area contributed by atoms with Crippen LogP contribution < -0.4 is 0 Å². The molecule has 0 aliphatic carbocycles. The Morgan fingerprint density at radius 2 is 2.35 bits per heavy atom. The maximum atomic E-state index is 12.2. The summed E-state index contributed by atoms with van der Waals surface area (Å²) in [5, 5.41) is 9.04. The zero-order valence-corrected chi connectivity index (χ0v) is 10.3. The zero-order valence-electron chi connectivity index (χ0n) is 9.50. The molecule has 0 bridgehead atoms. The molecule has 2 heterocycles. The molecule has 1 atom stereocenters. The molecular formula is C11H14N2O3S. The first-order valence-corrected chi connectivity index (χ1v) is 6.57. The van der Waals surface area contributed by atoms with Crippen LogP contribution in [0, 0.1) is 0 Å². The van der Waals surface area contributed by atoms with E-state index in [4.69, 9.17) is 5.11 Å². The van der Waals surface area contributed by atoms with Gasteiger partial charge in [0.1, 0.15) is 11.7 Å². The van der Waals surface area contributed by atoms with Gasteiger partial charge >= 0.3 is 5.97 Å². The molecular weight excluding hydrogens is 240 g/mol. The quantitative estimate of drug-likeness (QED) is 0.877. The first kappa shape index (κ1) is 12.0. The fourth-order valence-electron chi connectivity index (χ4n) is 1.88. The molecule has 0 radical (unpaired) electrons. The predicted octanol–water partition coefficient (Wildman–Crippen LogP) is 1.11. The second-order valence-corrected chi connectivity index (χ2v) is 4.81. The van der Waals surface area contributed by atoms with Gasteiger partial charge in [0.05, 0.1) is 5.88 Å². The number of amides is 1. The van der Waals surface area contributed by atoms with Crippen molar-refractivity contribution in [3.8, 4) is 0 Å². The second-order valence-electron chi connectivity index (χ2n) is 3.81. The van der Waals surface area contributed by atoms with Crippen LogP contribution in [0.25, 0.3) is 0 Å². The number of rotatable bonds is 3. The highest BCUT2D eigenvalue weighted by Gasteiger charge is 2.35. The number of carbonyl (C=O) groups is 2. The molecule has 6 heteroatoms. The molecule has 5 nitrogen and oxygen atoms in total. The number of nitrogens with zero attached hydrogens (tertiary/aromatic N) is 2. The van der Waals surface area contributed by atoms with Crippen LogP contribution in [0.1, 0.15) is 17.4 Å². The van der Waals surface area contributed by atoms with E-state index >= 15 is 0 Å². The van der Waals surface area contributed by atoms with Gasteiger partial charge in [0.15, 0.2) is 0 Å². The van der Waals surface area contributed by atoms with Crippen molar-refractivity contribution in [1.82, 2.24) is 9.47 Å². The molecule has 1 aliphatic rings. The summed E-state index contributed by atoms with van der Waals surface area (Å²) in [6.45, 7) is 2.65. The smallest absolute Gasteiger partial charge is 0.327 e. The second kappa shape index (κ2) is 4.83. The maximum Gasteiger partial charge on any atom is 0.327 e. The third-order valence-corrected chi connectivity index (χ3v) is 3.83. The van der Waals surface area contributed by atoms with E-state index in [9.17, 15) is 9.59 Å². The van der Waals surface area contributed by atoms with E-state index < -0.39 is 12.0 Å². The van der Waals surface area contributed by atoms with Crippen LogP contribution in [-0.4, -0.2) is 44.1 Å². The average Bonchev–Trinajstić information content (AvgIpc) is 2.96. The summed E-state index contributed by atoms with van der Waals surface area (Å²) in [6, 6.07) is 2.83. The first-order chi connectivity index (χ1) is 8.15. The summed E-state index contributed by atoms with van der Waals surface area (Å²) in [4.78, 5) is 24.7. The third-order valence-electron chi connectivity index (χ3n) is 2.82. The average molecular weight is 254 g/mol. The van der Waals surface area contributed by atoms with Crippen molar-refractivity contribution in [3.05, 3.63) is 24.0 Å². The van der Waals surface area contributed by atoms with Crippen LogP contribution in [0.2, 0.25) is 0 Å². The number of carboxylic acid groups (broad SMARTS) is 1. The van der Waals surface area contributed by atoms with Gasteiger partial charge in [-0.25, -0.2) is 4.79 Å². The minimum Gasteiger partial charge on any atom is -0.480 e. The van der Waals surface area contributed by atoms with Gasteiger partial charge in [-0.3, -0.25) is 4.79 Å². The Balaban J connectivity index is 2.23. The highest BCUT2D eigenvalue weighted by Crippen LogP contribution is 2.23. The molecule has 1 N–H and O–H groups in total. The van der Waals surface area contributed by atoms with Gasteiger partial charge in [-0.05, 0) is 19.1 Å². The minimum absolute atomic E-state index is 0.200. The Morgan fingerprint density at radius 1 is 1.59 bits per heavy atom. The molecule has 1 aromatic rings. The van der Waals surface area contributed by atoms with E-state index in [1.807, 2.05) is 17.7 Å². The topological polar surface area (TPSA) is 62.5 Å². The summed E-state index contributed by atoms with van der Waals surface area (Å²) in [6.07, 6.45) is 1.83. The molecule has 1 amide bonds. The van der Waals surface area contributed by atoms with Crippen molar-refractivity contribution >= 4 is 23.6 Å². The molecule has 0 aromatic carbocycles. The number of hydrogen-bond acceptors (Lipinski definition) is 3. The van der Waals surface area contributed by atoms with Crippen LogP contribution in [0.15, 0.2) is 18.3 Å². The molecule has 1 aliphatic heterocycles. The van der Waals surface area contributed by atoms with Crippen molar-refractivity contribution < 1.29 is 14.7 Å². The monoisotopic (exact) mass is 254 g/mol. The van der Waals surface area contributed by atoms with Crippen LogP contribution in [-0.2, 0) is 11.3 Å². The van der Waals surface area contributed by atoms with E-state index in [1.165, 1.54) is 16.7 Å². The van der Waals surface area contributed by atoms with Crippen molar-refractivity contribution in [2.45, 2.75) is 19.5 Å². The fourth-order valence-corrected chi connectivity index (χ4v) is 3.02. The number of aliphatic carboxylic acids is 1. The minimum atomic E-state index is -0.932. The number of aromatic nitrogens is 1. The SMILES string of the molecule is CCn1cccc1C(=O)N1CSCC1C(=O)O. The third kappa shape index (κ3) is 2.17. The van der Waals surface area contributed by atoms with Gasteiger partial charge in [0.25, 0.3) is 5.91 Å². The summed E-state index contributed by atoms with van der Waals surface area (Å²) in [5.74, 6) is -0.217. The largest absolute Gasteiger partial charge is 0.480 e. The van der Waals surface area contributed by atoms with E-state index in [-0.39, 0.29) is 5.91 Å². The van der Waals surface area contributed by atoms with E-state index in [2.05, 4.69) is 0 Å². The number of hydrogen-bond donors (Lipinski definition) is 1. The lowest BCUT2D eigenvalue weighted by molar-refractivity contribution is -0.140. The highest BCUT2D eigenvalue weighted by atomic mass is 32.2. The van der Waals surface area contributed by atoms with Gasteiger partial charge in [-0.2, -0.15) is 0 Å². The van der Waals surface area contributed by atoms with Gasteiger partial charge in [0.2, 0.25) is 0 Å². The first-order valence-electron chi connectivity index (χ1n) is 5.41. The van der Waals surface area contributed by atoms with Gasteiger partial charge < -0.3 is 14.6 Å². The summed E-state index contributed by atoms with van der Waals surface area (Å²) in [5.41, 5.74) is 0.557. The number of thioether (sulfide) groups is 1. The van der Waals surface area contributed by atoms with Crippen molar-refractivity contribution in [1.29, 1.82) is 0 Å². The van der Waals surface area contributed by atoms with E-state index in [0.29, 0.717) is 23.9 Å². The van der Waals surface area contributed by atoms with Crippen molar-refractivity contribution in [2.75, 3.05) is 11.6 Å². The van der Waals surface area contributed by atoms with Crippen LogP contribution in [0.3, 0.4) is 0 Å². The normalized spacial score (nSPS) is 19.6. The fraction of sp³-hybridized carbons (Fsp3) is 0.455. The van der Waals surface area contributed by atoms with Crippen molar-refractivity contribution in [3.63, 3.8) is 0 Å². The molecule has 2 rings (SSSR count). The molecule has 1 fully saturated rings. The summed E-state index contributed by atoms with van der Waals surface area (Å²) < 4.78 is 1.82. The summed E-state index contributed by atoms with van der Waals surface area (Å²) >= 11 is 1.47. The number of aryl methyl sites for hydroxylation is 1. The number of carboxylic acids is 1. The molecule has 1 saturated heterocycles. The molecule has 0 saturated carbocycles. The lowest BCUT2D eigenvalue weighted by Crippen LogP contribution is -2.42. The van der Waals surface area contributed by atoms with Crippen LogP contribution in [0.4, 0.5) is 0 Å². The molecule has 92 valence electrons. The Bertz CT molecular complexity index is 444. The lowest BCUT2D eigenvalue weighted by Gasteiger charge is -2.21. The van der Waals surface area contributed by atoms with E-state index in [1.54, 1.807) is 12.1 Å². The standard InChI is InChI=1S/C11H14N2O3S/c1-2-12-5-3-4-8(12)10(14)13-7-17-6-9(13)11(15)16/h3-5,9H,2,6-7H2,1H3,(H,15,16). The lowest BCUT2D eigenvalue weighted by atomic mass is 10.2. The van der Waals surface area contributed by atoms with Crippen LogP contribution >= 0.6 is 11.8 Å². The molecule has 0 spiro atoms. The van der Waals surface area contributed by atoms with Gasteiger partial charge in [-0.15, -0.1) is 11.8 Å². The Kier molecular flexibility index (Phi) is 3.42. The Morgan fingerprint density at radius 3 is 3.00 bits per heavy atom. The van der Waals surface area contributed by atoms with E-state index in [0.717, 1.165) is 0 Å². The number of carbonyl (C=O) groups excluding carboxylic acids is 1. The molecule has 1 unspecified atom stereocenters. The Hall–Kier alpha value is -1.43. The van der Waals surface area contributed by atoms with Gasteiger partial charge in [0, 0.05) is 18.5 Å². The summed E-state index contributed by atoms with van der Waals surface area (Å²) in [7, 11) is 0. The maximum absolute atomic E-state index is 12.2. The zero-order chi connectivity index (χ0) is 12.4. The van der Waals surface area contributed by atoms with Crippen molar-refractivity contribution in [2.24, 2.45) is 0 Å². The molecule has 17 heavy (non-hydrogen) atoms. The predicted molar refractivity (Wildman–Crippen MR) is 65.0 cm³/mol. The highest BCUT2D eigenvalue weighted by molar-refractivity contribution is 7.99.